The molecule has 1 aliphatic heterocycles. The third kappa shape index (κ3) is 2.91. The number of aryl methyl sites for hydroxylation is 3. The predicted molar refractivity (Wildman–Crippen MR) is 88.3 cm³/mol. The van der Waals surface area contributed by atoms with Gasteiger partial charge >= 0.3 is 0 Å². The molecule has 1 fully saturated rings. The second-order valence-corrected chi connectivity index (χ2v) is 6.15. The van der Waals surface area contributed by atoms with Gasteiger partial charge in [-0.15, -0.1) is 10.2 Å². The number of piperidine rings is 1. The minimum Gasteiger partial charge on any atom is -0.355 e. The third-order valence-electron chi connectivity index (χ3n) is 4.51. The van der Waals surface area contributed by atoms with Crippen molar-refractivity contribution >= 4 is 5.82 Å². The molecule has 0 bridgehead atoms. The number of rotatable bonds is 3. The van der Waals surface area contributed by atoms with Crippen molar-refractivity contribution < 1.29 is 0 Å². The zero-order valence-electron chi connectivity index (χ0n) is 14.0. The van der Waals surface area contributed by atoms with Crippen LogP contribution in [0.15, 0.2) is 12.4 Å². The van der Waals surface area contributed by atoms with Crippen molar-refractivity contribution in [3.63, 3.8) is 0 Å². The van der Waals surface area contributed by atoms with Gasteiger partial charge in [-0.1, -0.05) is 0 Å². The first kappa shape index (κ1) is 15.5. The summed E-state index contributed by atoms with van der Waals surface area (Å²) in [6.45, 7) is 8.71. The van der Waals surface area contributed by atoms with Gasteiger partial charge in [0.05, 0.1) is 5.56 Å². The van der Waals surface area contributed by atoms with Crippen molar-refractivity contribution in [2.24, 2.45) is 0 Å². The van der Waals surface area contributed by atoms with Crippen molar-refractivity contribution in [3.05, 3.63) is 35.0 Å². The number of pyridine rings is 1. The summed E-state index contributed by atoms with van der Waals surface area (Å²) in [5.74, 6) is 2.19. The number of hydrogen-bond acceptors (Lipinski definition) is 5. The van der Waals surface area contributed by atoms with Gasteiger partial charge < -0.3 is 9.47 Å². The molecule has 0 aromatic carbocycles. The Balaban J connectivity index is 1.92. The quantitative estimate of drug-likeness (QED) is 0.871. The average molecular weight is 310 g/mol. The van der Waals surface area contributed by atoms with Crippen LogP contribution in [0.25, 0.3) is 0 Å². The molecule has 120 valence electrons. The smallest absolute Gasteiger partial charge is 0.147 e. The molecule has 0 N–H and O–H groups in total. The van der Waals surface area contributed by atoms with E-state index >= 15 is 0 Å². The topological polar surface area (TPSA) is 70.6 Å². The monoisotopic (exact) mass is 310 g/mol. The van der Waals surface area contributed by atoms with Gasteiger partial charge in [0.25, 0.3) is 0 Å². The minimum atomic E-state index is 0.334. The van der Waals surface area contributed by atoms with Crippen LogP contribution in [0.4, 0.5) is 5.82 Å². The Labute approximate surface area is 136 Å². The highest BCUT2D eigenvalue weighted by atomic mass is 15.3. The summed E-state index contributed by atoms with van der Waals surface area (Å²) in [7, 11) is 0. The highest BCUT2D eigenvalue weighted by Crippen LogP contribution is 2.30. The molecule has 0 amide bonds. The molecule has 2 aromatic heterocycles. The second-order valence-electron chi connectivity index (χ2n) is 6.15. The summed E-state index contributed by atoms with van der Waals surface area (Å²) >= 11 is 0. The molecule has 0 spiro atoms. The fourth-order valence-corrected chi connectivity index (χ4v) is 3.39. The molecule has 0 aliphatic carbocycles. The maximum Gasteiger partial charge on any atom is 0.147 e. The highest BCUT2D eigenvalue weighted by Gasteiger charge is 2.27. The van der Waals surface area contributed by atoms with Crippen molar-refractivity contribution in [2.45, 2.75) is 46.1 Å². The summed E-state index contributed by atoms with van der Waals surface area (Å²) in [6.07, 6.45) is 3.96. The van der Waals surface area contributed by atoms with Crippen LogP contribution in [0.3, 0.4) is 0 Å². The number of aromatic nitrogens is 4. The largest absolute Gasteiger partial charge is 0.355 e. The SMILES string of the molecule is CCn1cnnc1[C@@H]1CCCN(c2nc(C)cc(C)c2C#N)C1. The summed E-state index contributed by atoms with van der Waals surface area (Å²) in [5.41, 5.74) is 2.64. The highest BCUT2D eigenvalue weighted by molar-refractivity contribution is 5.58. The van der Waals surface area contributed by atoms with Crippen LogP contribution in [0.2, 0.25) is 0 Å². The van der Waals surface area contributed by atoms with E-state index in [9.17, 15) is 5.26 Å². The first-order chi connectivity index (χ1) is 11.1. The number of hydrogen-bond donors (Lipinski definition) is 0. The van der Waals surface area contributed by atoms with E-state index in [4.69, 9.17) is 0 Å². The van der Waals surface area contributed by atoms with E-state index in [1.54, 1.807) is 6.33 Å². The lowest BCUT2D eigenvalue weighted by atomic mass is 9.96. The van der Waals surface area contributed by atoms with Gasteiger partial charge in [0.15, 0.2) is 0 Å². The van der Waals surface area contributed by atoms with Crippen LogP contribution < -0.4 is 4.90 Å². The van der Waals surface area contributed by atoms with Gasteiger partial charge in [-0.3, -0.25) is 0 Å². The summed E-state index contributed by atoms with van der Waals surface area (Å²) in [5, 5.41) is 17.9. The molecule has 0 unspecified atom stereocenters. The molecule has 23 heavy (non-hydrogen) atoms. The minimum absolute atomic E-state index is 0.334. The average Bonchev–Trinajstić information content (AvgIpc) is 3.03. The van der Waals surface area contributed by atoms with E-state index in [2.05, 4.69) is 37.6 Å². The summed E-state index contributed by atoms with van der Waals surface area (Å²) in [6, 6.07) is 4.29. The molecule has 3 heterocycles. The van der Waals surface area contributed by atoms with Crippen LogP contribution >= 0.6 is 0 Å². The predicted octanol–water partition coefficient (Wildman–Crippen LogP) is 2.57. The Morgan fingerprint density at radius 1 is 1.39 bits per heavy atom. The van der Waals surface area contributed by atoms with E-state index in [0.29, 0.717) is 11.5 Å². The molecule has 1 aliphatic rings. The van der Waals surface area contributed by atoms with Gasteiger partial charge in [-0.2, -0.15) is 5.26 Å². The Kier molecular flexibility index (Phi) is 4.28. The van der Waals surface area contributed by atoms with Crippen LogP contribution in [0.5, 0.6) is 0 Å². The first-order valence-electron chi connectivity index (χ1n) is 8.15. The molecule has 3 rings (SSSR count). The van der Waals surface area contributed by atoms with Crippen molar-refractivity contribution in [2.75, 3.05) is 18.0 Å². The second kappa shape index (κ2) is 6.37. The van der Waals surface area contributed by atoms with Crippen LogP contribution in [0.1, 0.15) is 48.3 Å². The molecule has 1 atom stereocenters. The van der Waals surface area contributed by atoms with Crippen molar-refractivity contribution in [1.29, 1.82) is 5.26 Å². The van der Waals surface area contributed by atoms with E-state index in [1.807, 2.05) is 19.9 Å². The number of anilines is 1. The lowest BCUT2D eigenvalue weighted by Crippen LogP contribution is -2.36. The Morgan fingerprint density at radius 3 is 2.96 bits per heavy atom. The summed E-state index contributed by atoms with van der Waals surface area (Å²) < 4.78 is 2.11. The molecule has 1 saturated heterocycles. The molecule has 6 heteroatoms. The fourth-order valence-electron chi connectivity index (χ4n) is 3.39. The van der Waals surface area contributed by atoms with E-state index in [1.165, 1.54) is 0 Å². The standard InChI is InChI=1S/C17H22N6/c1-4-22-11-19-21-16(22)14-6-5-7-23(10-14)17-15(9-18)12(2)8-13(3)20-17/h8,11,14H,4-7,10H2,1-3H3/t14-/m1/s1. The van der Waals surface area contributed by atoms with Gasteiger partial charge in [-0.25, -0.2) is 4.98 Å². The molecule has 0 saturated carbocycles. The Morgan fingerprint density at radius 2 is 2.22 bits per heavy atom. The van der Waals surface area contributed by atoms with Gasteiger partial charge in [-0.05, 0) is 45.2 Å². The normalized spacial score (nSPS) is 18.0. The number of nitriles is 1. The van der Waals surface area contributed by atoms with Crippen LogP contribution in [0, 0.1) is 25.2 Å². The third-order valence-corrected chi connectivity index (χ3v) is 4.51. The summed E-state index contributed by atoms with van der Waals surface area (Å²) in [4.78, 5) is 6.88. The maximum absolute atomic E-state index is 9.51. The van der Waals surface area contributed by atoms with E-state index < -0.39 is 0 Å². The van der Waals surface area contributed by atoms with Crippen LogP contribution in [-0.4, -0.2) is 32.8 Å². The van der Waals surface area contributed by atoms with Gasteiger partial charge in [0, 0.05) is 31.2 Å². The fraction of sp³-hybridized carbons (Fsp3) is 0.529. The molecule has 6 nitrogen and oxygen atoms in total. The van der Waals surface area contributed by atoms with E-state index in [-0.39, 0.29) is 0 Å². The van der Waals surface area contributed by atoms with Crippen molar-refractivity contribution in [1.82, 2.24) is 19.7 Å². The number of nitrogens with zero attached hydrogens (tertiary/aromatic N) is 6. The van der Waals surface area contributed by atoms with Crippen LogP contribution in [-0.2, 0) is 6.54 Å². The maximum atomic E-state index is 9.51. The van der Waals surface area contributed by atoms with Gasteiger partial charge in [0.1, 0.15) is 24.0 Å². The van der Waals surface area contributed by atoms with Gasteiger partial charge in [0.2, 0.25) is 0 Å². The molecule has 2 aromatic rings. The van der Waals surface area contributed by atoms with Crippen molar-refractivity contribution in [3.8, 4) is 6.07 Å². The molecule has 0 radical (unpaired) electrons. The Bertz CT molecular complexity index is 742. The Hall–Kier alpha value is -2.42. The lowest BCUT2D eigenvalue weighted by Gasteiger charge is -2.34. The van der Waals surface area contributed by atoms with E-state index in [0.717, 1.165) is 55.4 Å². The molecular formula is C17H22N6. The zero-order chi connectivity index (χ0) is 16.4. The molecular weight excluding hydrogens is 288 g/mol. The first-order valence-corrected chi connectivity index (χ1v) is 8.15. The zero-order valence-corrected chi connectivity index (χ0v) is 14.0. The lowest BCUT2D eigenvalue weighted by molar-refractivity contribution is 0.470.